The van der Waals surface area contributed by atoms with Crippen LogP contribution in [0.2, 0.25) is 5.15 Å². The number of hydrogen-bond donors (Lipinski definition) is 1. The SMILES string of the molecule is CNc1ncc(/C=C/c2ccc(OCCC#N)cc2)c2cc(Cl)ncc12. The Balaban J connectivity index is 1.84. The average molecular weight is 365 g/mol. The molecule has 1 N–H and O–H groups in total. The predicted octanol–water partition coefficient (Wildman–Crippen LogP) is 4.79. The molecule has 0 fully saturated rings. The Morgan fingerprint density at radius 3 is 2.69 bits per heavy atom. The number of pyridine rings is 2. The standard InChI is InChI=1S/C20H17ClN4O/c1-23-20-18-13-24-19(21)11-17(18)15(12-25-20)6-3-14-4-7-16(8-5-14)26-10-2-9-22/h3-8,11-13H,2,10H2,1H3,(H,23,25)/b6-3+. The van der Waals surface area contributed by atoms with Crippen molar-refractivity contribution in [3.05, 3.63) is 59.0 Å². The predicted molar refractivity (Wildman–Crippen MR) is 105 cm³/mol. The molecule has 0 saturated heterocycles. The number of rotatable bonds is 6. The molecule has 5 nitrogen and oxygen atoms in total. The Labute approximate surface area is 156 Å². The number of nitriles is 1. The molecule has 3 rings (SSSR count). The topological polar surface area (TPSA) is 70.8 Å². The van der Waals surface area contributed by atoms with Gasteiger partial charge in [-0.15, -0.1) is 0 Å². The molecule has 1 aromatic carbocycles. The van der Waals surface area contributed by atoms with Gasteiger partial charge in [0.15, 0.2) is 0 Å². The van der Waals surface area contributed by atoms with E-state index in [1.165, 1.54) is 0 Å². The molecule has 26 heavy (non-hydrogen) atoms. The molecule has 130 valence electrons. The molecule has 0 saturated carbocycles. The zero-order valence-corrected chi connectivity index (χ0v) is 15.0. The molecule has 0 amide bonds. The number of ether oxygens (including phenoxy) is 1. The van der Waals surface area contributed by atoms with Crippen molar-refractivity contribution in [2.24, 2.45) is 0 Å². The second-order valence-electron chi connectivity index (χ2n) is 5.52. The van der Waals surface area contributed by atoms with E-state index >= 15 is 0 Å². The second kappa shape index (κ2) is 8.32. The number of nitrogens with zero attached hydrogens (tertiary/aromatic N) is 3. The third kappa shape index (κ3) is 4.11. The normalized spacial score (nSPS) is 10.8. The fourth-order valence-electron chi connectivity index (χ4n) is 2.54. The molecule has 6 heteroatoms. The monoisotopic (exact) mass is 364 g/mol. The van der Waals surface area contributed by atoms with Gasteiger partial charge in [-0.1, -0.05) is 35.9 Å². The molecule has 0 unspecified atom stereocenters. The summed E-state index contributed by atoms with van der Waals surface area (Å²) in [5, 5.41) is 13.9. The zero-order valence-electron chi connectivity index (χ0n) is 14.2. The lowest BCUT2D eigenvalue weighted by molar-refractivity contribution is 0.326. The van der Waals surface area contributed by atoms with Gasteiger partial charge in [-0.2, -0.15) is 5.26 Å². The van der Waals surface area contributed by atoms with Crippen LogP contribution in [0.5, 0.6) is 5.75 Å². The molecule has 0 bridgehead atoms. The molecular weight excluding hydrogens is 348 g/mol. The molecule has 0 spiro atoms. The molecule has 3 aromatic rings. The first-order valence-corrected chi connectivity index (χ1v) is 8.49. The molecular formula is C20H17ClN4O. The smallest absolute Gasteiger partial charge is 0.135 e. The fourth-order valence-corrected chi connectivity index (χ4v) is 2.70. The minimum Gasteiger partial charge on any atom is -0.493 e. The van der Waals surface area contributed by atoms with Crippen LogP contribution < -0.4 is 10.1 Å². The van der Waals surface area contributed by atoms with Gasteiger partial charge >= 0.3 is 0 Å². The Morgan fingerprint density at radius 2 is 1.96 bits per heavy atom. The van der Waals surface area contributed by atoms with Gasteiger partial charge in [-0.3, -0.25) is 0 Å². The molecule has 0 aliphatic carbocycles. The molecule has 0 atom stereocenters. The summed E-state index contributed by atoms with van der Waals surface area (Å²) in [6.45, 7) is 0.399. The summed E-state index contributed by atoms with van der Waals surface area (Å²) in [5.74, 6) is 1.51. The van der Waals surface area contributed by atoms with E-state index in [0.717, 1.165) is 33.5 Å². The van der Waals surface area contributed by atoms with Gasteiger partial charge in [0.05, 0.1) is 12.5 Å². The highest BCUT2D eigenvalue weighted by Gasteiger charge is 2.06. The summed E-state index contributed by atoms with van der Waals surface area (Å²) in [7, 11) is 1.83. The van der Waals surface area contributed by atoms with Crippen molar-refractivity contribution in [2.75, 3.05) is 19.0 Å². The van der Waals surface area contributed by atoms with Crippen LogP contribution in [0.25, 0.3) is 22.9 Å². The number of aromatic nitrogens is 2. The highest BCUT2D eigenvalue weighted by Crippen LogP contribution is 2.27. The molecule has 0 radical (unpaired) electrons. The van der Waals surface area contributed by atoms with Crippen LogP contribution >= 0.6 is 11.6 Å². The van der Waals surface area contributed by atoms with Crippen molar-refractivity contribution in [2.45, 2.75) is 6.42 Å². The summed E-state index contributed by atoms with van der Waals surface area (Å²) in [6, 6.07) is 11.6. The van der Waals surface area contributed by atoms with Crippen molar-refractivity contribution in [3.8, 4) is 11.8 Å². The Hall–Kier alpha value is -3.10. The largest absolute Gasteiger partial charge is 0.493 e. The van der Waals surface area contributed by atoms with Gasteiger partial charge in [0.1, 0.15) is 23.3 Å². The lowest BCUT2D eigenvalue weighted by Crippen LogP contribution is -1.95. The minimum atomic E-state index is 0.377. The van der Waals surface area contributed by atoms with Crippen LogP contribution in [0.15, 0.2) is 42.7 Å². The van der Waals surface area contributed by atoms with E-state index in [-0.39, 0.29) is 0 Å². The molecule has 2 aromatic heterocycles. The van der Waals surface area contributed by atoms with Gasteiger partial charge in [0.2, 0.25) is 0 Å². The summed E-state index contributed by atoms with van der Waals surface area (Å²) in [6.07, 6.45) is 7.91. The van der Waals surface area contributed by atoms with Crippen molar-refractivity contribution < 1.29 is 4.74 Å². The van der Waals surface area contributed by atoms with Crippen LogP contribution in [0.1, 0.15) is 17.5 Å². The maximum absolute atomic E-state index is 8.53. The van der Waals surface area contributed by atoms with Crippen LogP contribution in [0, 0.1) is 11.3 Å². The van der Waals surface area contributed by atoms with E-state index in [1.807, 2.05) is 49.5 Å². The summed E-state index contributed by atoms with van der Waals surface area (Å²) >= 11 is 6.06. The van der Waals surface area contributed by atoms with Crippen molar-refractivity contribution in [1.82, 2.24) is 9.97 Å². The maximum atomic E-state index is 8.53. The van der Waals surface area contributed by atoms with Gasteiger partial charge in [0.25, 0.3) is 0 Å². The molecule has 0 aliphatic rings. The van der Waals surface area contributed by atoms with E-state index in [9.17, 15) is 0 Å². The zero-order chi connectivity index (χ0) is 18.4. The lowest BCUT2D eigenvalue weighted by atomic mass is 10.1. The number of fused-ring (bicyclic) bond motifs is 1. The maximum Gasteiger partial charge on any atom is 0.135 e. The third-order valence-corrected chi connectivity index (χ3v) is 4.03. The average Bonchev–Trinajstić information content (AvgIpc) is 2.67. The van der Waals surface area contributed by atoms with E-state index in [0.29, 0.717) is 18.2 Å². The Morgan fingerprint density at radius 1 is 1.15 bits per heavy atom. The number of benzene rings is 1. The van der Waals surface area contributed by atoms with Crippen LogP contribution in [-0.2, 0) is 0 Å². The van der Waals surface area contributed by atoms with Gasteiger partial charge in [-0.25, -0.2) is 9.97 Å². The Bertz CT molecular complexity index is 978. The summed E-state index contributed by atoms with van der Waals surface area (Å²) < 4.78 is 5.48. The van der Waals surface area contributed by atoms with E-state index in [4.69, 9.17) is 21.6 Å². The van der Waals surface area contributed by atoms with Crippen LogP contribution in [0.4, 0.5) is 5.82 Å². The van der Waals surface area contributed by atoms with Gasteiger partial charge in [0, 0.05) is 30.4 Å². The first kappa shape index (κ1) is 17.7. The third-order valence-electron chi connectivity index (χ3n) is 3.82. The van der Waals surface area contributed by atoms with Gasteiger partial charge in [-0.05, 0) is 29.1 Å². The number of hydrogen-bond acceptors (Lipinski definition) is 5. The summed E-state index contributed by atoms with van der Waals surface area (Å²) in [5.41, 5.74) is 1.99. The first-order valence-electron chi connectivity index (χ1n) is 8.11. The van der Waals surface area contributed by atoms with Crippen LogP contribution in [0.3, 0.4) is 0 Å². The van der Waals surface area contributed by atoms with E-state index < -0.39 is 0 Å². The quantitative estimate of drug-likeness (QED) is 0.503. The second-order valence-corrected chi connectivity index (χ2v) is 5.91. The number of anilines is 1. The number of nitrogens with one attached hydrogen (secondary N) is 1. The highest BCUT2D eigenvalue weighted by molar-refractivity contribution is 6.30. The van der Waals surface area contributed by atoms with Crippen molar-refractivity contribution in [1.29, 1.82) is 5.26 Å². The Kier molecular flexibility index (Phi) is 5.67. The molecule has 0 aliphatic heterocycles. The number of halogens is 1. The van der Waals surface area contributed by atoms with E-state index in [1.54, 1.807) is 12.4 Å². The summed E-state index contributed by atoms with van der Waals surface area (Å²) in [4.78, 5) is 8.57. The highest BCUT2D eigenvalue weighted by atomic mass is 35.5. The van der Waals surface area contributed by atoms with E-state index in [2.05, 4.69) is 21.4 Å². The van der Waals surface area contributed by atoms with Crippen molar-refractivity contribution >= 4 is 40.3 Å². The molecule has 2 heterocycles. The van der Waals surface area contributed by atoms with Crippen LogP contribution in [-0.4, -0.2) is 23.6 Å². The minimum absolute atomic E-state index is 0.377. The van der Waals surface area contributed by atoms with Crippen molar-refractivity contribution in [3.63, 3.8) is 0 Å². The fraction of sp³-hybridized carbons (Fsp3) is 0.150. The lowest BCUT2D eigenvalue weighted by Gasteiger charge is -2.08. The van der Waals surface area contributed by atoms with Gasteiger partial charge < -0.3 is 10.1 Å². The first-order chi connectivity index (χ1) is 12.7.